The van der Waals surface area contributed by atoms with E-state index in [4.69, 9.17) is 10.6 Å². The maximum absolute atomic E-state index is 5.74. The third kappa shape index (κ3) is 1.45. The number of rotatable bonds is 2. The second-order valence-corrected chi connectivity index (χ2v) is 2.76. The topological polar surface area (TPSA) is 73.1 Å². The molecule has 0 aliphatic heterocycles. The lowest BCUT2D eigenvalue weighted by Crippen LogP contribution is -2.04. The fourth-order valence-electron chi connectivity index (χ4n) is 1.24. The average molecular weight is 190 g/mol. The smallest absolute Gasteiger partial charge is 0.249 e. The van der Waals surface area contributed by atoms with Gasteiger partial charge in [-0.15, -0.1) is 0 Å². The molecule has 5 nitrogen and oxygen atoms in total. The summed E-state index contributed by atoms with van der Waals surface area (Å²) in [7, 11) is 1.49. The highest BCUT2D eigenvalue weighted by Crippen LogP contribution is 2.18. The van der Waals surface area contributed by atoms with Crippen LogP contribution in [0.4, 0.5) is 11.8 Å². The van der Waals surface area contributed by atoms with Crippen molar-refractivity contribution in [3.05, 3.63) is 24.3 Å². The van der Waals surface area contributed by atoms with Crippen molar-refractivity contribution in [2.24, 2.45) is 0 Å². The van der Waals surface area contributed by atoms with E-state index in [1.807, 2.05) is 24.3 Å². The number of fused-ring (bicyclic) bond motifs is 1. The largest absolute Gasteiger partial charge is 0.383 e. The average Bonchev–Trinajstić information content (AvgIpc) is 2.18. The van der Waals surface area contributed by atoms with Crippen molar-refractivity contribution in [1.29, 1.82) is 0 Å². The molecule has 14 heavy (non-hydrogen) atoms. The molecular formula is C9H10N4O. The third-order valence-corrected chi connectivity index (χ3v) is 1.83. The normalized spacial score (nSPS) is 10.4. The van der Waals surface area contributed by atoms with Gasteiger partial charge in [0.25, 0.3) is 0 Å². The molecule has 0 bridgehead atoms. The zero-order valence-corrected chi connectivity index (χ0v) is 7.69. The van der Waals surface area contributed by atoms with Crippen LogP contribution in [0.5, 0.6) is 0 Å². The molecule has 2 rings (SSSR count). The zero-order chi connectivity index (χ0) is 9.97. The van der Waals surface area contributed by atoms with Gasteiger partial charge < -0.3 is 5.73 Å². The molecular weight excluding hydrogens is 180 g/mol. The van der Waals surface area contributed by atoms with Gasteiger partial charge in [-0.3, -0.25) is 4.84 Å². The van der Waals surface area contributed by atoms with Crippen molar-refractivity contribution >= 4 is 22.7 Å². The Kier molecular flexibility index (Phi) is 2.16. The van der Waals surface area contributed by atoms with Crippen LogP contribution in [0.3, 0.4) is 0 Å². The molecule has 0 amide bonds. The number of nitrogens with zero attached hydrogens (tertiary/aromatic N) is 2. The minimum atomic E-state index is 0.365. The van der Waals surface area contributed by atoms with Crippen LogP contribution in [0, 0.1) is 0 Å². The molecule has 0 aliphatic rings. The van der Waals surface area contributed by atoms with E-state index in [-0.39, 0.29) is 0 Å². The Labute approximate surface area is 80.9 Å². The van der Waals surface area contributed by atoms with Crippen LogP contribution in [-0.2, 0) is 4.84 Å². The minimum absolute atomic E-state index is 0.365. The van der Waals surface area contributed by atoms with Crippen LogP contribution < -0.4 is 11.2 Å². The lowest BCUT2D eigenvalue weighted by atomic mass is 10.2. The van der Waals surface area contributed by atoms with E-state index < -0.39 is 0 Å². The summed E-state index contributed by atoms with van der Waals surface area (Å²) in [4.78, 5) is 12.9. The number of nitrogens with one attached hydrogen (secondary N) is 1. The molecule has 3 N–H and O–H groups in total. The van der Waals surface area contributed by atoms with Gasteiger partial charge in [-0.1, -0.05) is 12.1 Å². The summed E-state index contributed by atoms with van der Waals surface area (Å²) in [5, 5.41) is 0.842. The van der Waals surface area contributed by atoms with Crippen LogP contribution in [0.25, 0.3) is 10.9 Å². The zero-order valence-electron chi connectivity index (χ0n) is 7.69. The molecule has 0 atom stereocenters. The fourth-order valence-corrected chi connectivity index (χ4v) is 1.24. The van der Waals surface area contributed by atoms with Gasteiger partial charge in [0.2, 0.25) is 5.95 Å². The van der Waals surface area contributed by atoms with Crippen molar-refractivity contribution in [2.45, 2.75) is 0 Å². The van der Waals surface area contributed by atoms with Gasteiger partial charge in [0, 0.05) is 5.39 Å². The minimum Gasteiger partial charge on any atom is -0.383 e. The highest BCUT2D eigenvalue weighted by molar-refractivity contribution is 5.88. The maximum atomic E-state index is 5.74. The number of hydrogen-bond acceptors (Lipinski definition) is 5. The molecule has 1 aromatic carbocycles. The van der Waals surface area contributed by atoms with E-state index in [1.165, 1.54) is 7.11 Å². The number of aromatic nitrogens is 2. The van der Waals surface area contributed by atoms with Crippen molar-refractivity contribution in [2.75, 3.05) is 18.3 Å². The Morgan fingerprint density at radius 2 is 2.07 bits per heavy atom. The molecule has 1 aromatic heterocycles. The van der Waals surface area contributed by atoms with Gasteiger partial charge in [0.15, 0.2) is 0 Å². The van der Waals surface area contributed by atoms with Gasteiger partial charge in [-0.05, 0) is 12.1 Å². The van der Waals surface area contributed by atoms with Gasteiger partial charge in [-0.2, -0.15) is 4.98 Å². The Bertz CT molecular complexity index is 458. The summed E-state index contributed by atoms with van der Waals surface area (Å²) in [6, 6.07) is 7.53. The van der Waals surface area contributed by atoms with E-state index in [9.17, 15) is 0 Å². The molecule has 5 heteroatoms. The summed E-state index contributed by atoms with van der Waals surface area (Å²) in [6.07, 6.45) is 0. The highest BCUT2D eigenvalue weighted by atomic mass is 16.6. The Morgan fingerprint density at radius 1 is 1.29 bits per heavy atom. The molecule has 0 fully saturated rings. The maximum Gasteiger partial charge on any atom is 0.249 e. The first-order chi connectivity index (χ1) is 6.81. The van der Waals surface area contributed by atoms with E-state index in [2.05, 4.69) is 15.4 Å². The van der Waals surface area contributed by atoms with Gasteiger partial charge in [-0.25, -0.2) is 10.5 Å². The van der Waals surface area contributed by atoms with Crippen molar-refractivity contribution < 1.29 is 4.84 Å². The molecule has 2 aromatic rings. The predicted octanol–water partition coefficient (Wildman–Crippen LogP) is 1.19. The number of hydrogen-bond donors (Lipinski definition) is 2. The summed E-state index contributed by atoms with van der Waals surface area (Å²) >= 11 is 0. The number of anilines is 2. The van der Waals surface area contributed by atoms with Gasteiger partial charge in [0.05, 0.1) is 12.6 Å². The van der Waals surface area contributed by atoms with Crippen LogP contribution in [0.2, 0.25) is 0 Å². The molecule has 0 saturated carbocycles. The van der Waals surface area contributed by atoms with Crippen LogP contribution >= 0.6 is 0 Å². The lowest BCUT2D eigenvalue weighted by Gasteiger charge is -2.04. The van der Waals surface area contributed by atoms with Gasteiger partial charge in [0.1, 0.15) is 5.82 Å². The Balaban J connectivity index is 2.60. The number of nitrogen functional groups attached to an aromatic ring is 1. The molecule has 0 radical (unpaired) electrons. The summed E-state index contributed by atoms with van der Waals surface area (Å²) in [6.45, 7) is 0. The van der Waals surface area contributed by atoms with Crippen LogP contribution in [-0.4, -0.2) is 17.1 Å². The molecule has 0 spiro atoms. The van der Waals surface area contributed by atoms with E-state index in [0.29, 0.717) is 11.8 Å². The highest BCUT2D eigenvalue weighted by Gasteiger charge is 2.02. The van der Waals surface area contributed by atoms with Crippen molar-refractivity contribution in [3.8, 4) is 0 Å². The first-order valence-electron chi connectivity index (χ1n) is 4.12. The van der Waals surface area contributed by atoms with Crippen molar-refractivity contribution in [1.82, 2.24) is 9.97 Å². The summed E-state index contributed by atoms with van der Waals surface area (Å²) < 4.78 is 0. The van der Waals surface area contributed by atoms with E-state index >= 15 is 0 Å². The van der Waals surface area contributed by atoms with Crippen LogP contribution in [0.15, 0.2) is 24.3 Å². The fraction of sp³-hybridized carbons (Fsp3) is 0.111. The predicted molar refractivity (Wildman–Crippen MR) is 54.6 cm³/mol. The van der Waals surface area contributed by atoms with Gasteiger partial charge >= 0.3 is 0 Å². The Hall–Kier alpha value is -1.88. The number of benzene rings is 1. The monoisotopic (exact) mass is 190 g/mol. The standard InChI is InChI=1S/C9H10N4O/c1-14-13-9-11-7-5-3-2-4-6(7)8(10)12-9/h2-5H,1H3,(H3,10,11,12,13). The summed E-state index contributed by atoms with van der Waals surface area (Å²) in [5.41, 5.74) is 9.07. The van der Waals surface area contributed by atoms with E-state index in [0.717, 1.165) is 10.9 Å². The second-order valence-electron chi connectivity index (χ2n) is 2.76. The lowest BCUT2D eigenvalue weighted by molar-refractivity contribution is 0.267. The second kappa shape index (κ2) is 3.47. The molecule has 0 saturated heterocycles. The number of para-hydroxylation sites is 1. The van der Waals surface area contributed by atoms with E-state index in [1.54, 1.807) is 0 Å². The SMILES string of the molecule is CONc1nc(N)c2ccccc2n1. The third-order valence-electron chi connectivity index (χ3n) is 1.83. The van der Waals surface area contributed by atoms with Crippen molar-refractivity contribution in [3.63, 3.8) is 0 Å². The quantitative estimate of drug-likeness (QED) is 0.696. The molecule has 1 heterocycles. The van der Waals surface area contributed by atoms with Crippen LogP contribution in [0.1, 0.15) is 0 Å². The first-order valence-corrected chi connectivity index (χ1v) is 4.12. The Morgan fingerprint density at radius 3 is 2.86 bits per heavy atom. The molecule has 0 unspecified atom stereocenters. The molecule has 72 valence electrons. The first kappa shape index (κ1) is 8.71. The molecule has 0 aliphatic carbocycles. The summed E-state index contributed by atoms with van der Waals surface area (Å²) in [5.74, 6) is 0.804. The number of nitrogens with two attached hydrogens (primary N) is 1.